The molecule has 25 heavy (non-hydrogen) atoms. The maximum atomic E-state index is 12.4. The van der Waals surface area contributed by atoms with Gasteiger partial charge >= 0.3 is 0 Å². The van der Waals surface area contributed by atoms with Crippen LogP contribution in [0.3, 0.4) is 0 Å². The molecule has 2 unspecified atom stereocenters. The van der Waals surface area contributed by atoms with Crippen LogP contribution in [0.15, 0.2) is 24.3 Å². The number of carbonyl (C=O) groups is 2. The minimum atomic E-state index is -0.563. The molecular formula is C19H28N2O4. The summed E-state index contributed by atoms with van der Waals surface area (Å²) >= 11 is 0. The smallest absolute Gasteiger partial charge is 0.253 e. The van der Waals surface area contributed by atoms with Gasteiger partial charge in [0.15, 0.2) is 0 Å². The van der Waals surface area contributed by atoms with Crippen LogP contribution in [-0.4, -0.2) is 48.7 Å². The van der Waals surface area contributed by atoms with Gasteiger partial charge in [-0.2, -0.15) is 0 Å². The highest BCUT2D eigenvalue weighted by atomic mass is 16.5. The number of carbonyl (C=O) groups excluding carboxylic acids is 2. The molecule has 1 aliphatic rings. The predicted molar refractivity (Wildman–Crippen MR) is 96.2 cm³/mol. The molecule has 138 valence electrons. The van der Waals surface area contributed by atoms with Crippen molar-refractivity contribution < 1.29 is 19.1 Å². The summed E-state index contributed by atoms with van der Waals surface area (Å²) in [6.07, 6.45) is 1.56. The first-order chi connectivity index (χ1) is 12.0. The van der Waals surface area contributed by atoms with Gasteiger partial charge < -0.3 is 19.7 Å². The highest BCUT2D eigenvalue weighted by Gasteiger charge is 2.20. The zero-order chi connectivity index (χ0) is 18.2. The number of nitrogens with zero attached hydrogens (tertiary/aromatic N) is 1. The predicted octanol–water partition coefficient (Wildman–Crippen LogP) is 2.58. The normalized spacial score (nSPS) is 18.0. The number of hydrogen-bond donors (Lipinski definition) is 1. The fourth-order valence-electron chi connectivity index (χ4n) is 2.77. The summed E-state index contributed by atoms with van der Waals surface area (Å²) in [4.78, 5) is 25.8. The summed E-state index contributed by atoms with van der Waals surface area (Å²) in [5.74, 6) is -0.187. The third kappa shape index (κ3) is 5.83. The fraction of sp³-hybridized carbons (Fsp3) is 0.579. The van der Waals surface area contributed by atoms with E-state index in [1.165, 1.54) is 0 Å². The van der Waals surface area contributed by atoms with Crippen LogP contribution in [0.5, 0.6) is 0 Å². The van der Waals surface area contributed by atoms with Crippen molar-refractivity contribution in [3.8, 4) is 0 Å². The van der Waals surface area contributed by atoms with Gasteiger partial charge in [0.1, 0.15) is 6.10 Å². The lowest BCUT2D eigenvalue weighted by Gasteiger charge is -2.22. The molecule has 1 N–H and O–H groups in total. The standard InChI is InChI=1S/C19H28N2O4/c1-4-21(15(3)22)12-16-8-5-6-10-18(16)20-19(23)14(2)25-13-17-9-7-11-24-17/h5-6,8,10,14,17H,4,7,9,11-13H2,1-3H3,(H,20,23). The molecule has 6 nitrogen and oxygen atoms in total. The molecule has 0 saturated carbocycles. The first kappa shape index (κ1) is 19.4. The molecule has 0 bridgehead atoms. The maximum Gasteiger partial charge on any atom is 0.253 e. The van der Waals surface area contributed by atoms with Gasteiger partial charge in [0, 0.05) is 32.3 Å². The number of nitrogens with one attached hydrogen (secondary N) is 1. The Bertz CT molecular complexity index is 585. The molecule has 0 aromatic heterocycles. The first-order valence-corrected chi connectivity index (χ1v) is 8.88. The number of benzene rings is 1. The van der Waals surface area contributed by atoms with E-state index in [0.717, 1.165) is 25.0 Å². The molecule has 2 atom stereocenters. The molecule has 1 aromatic rings. The van der Waals surface area contributed by atoms with E-state index in [1.54, 1.807) is 18.7 Å². The molecule has 2 rings (SSSR count). The lowest BCUT2D eigenvalue weighted by molar-refractivity contribution is -0.129. The number of amides is 2. The first-order valence-electron chi connectivity index (χ1n) is 8.88. The topological polar surface area (TPSA) is 67.9 Å². The van der Waals surface area contributed by atoms with Crippen molar-refractivity contribution in [1.29, 1.82) is 0 Å². The van der Waals surface area contributed by atoms with Gasteiger partial charge in [-0.15, -0.1) is 0 Å². The number of ether oxygens (including phenoxy) is 2. The quantitative estimate of drug-likeness (QED) is 0.784. The third-order valence-corrected chi connectivity index (χ3v) is 4.39. The molecule has 0 spiro atoms. The van der Waals surface area contributed by atoms with Crippen LogP contribution >= 0.6 is 0 Å². The van der Waals surface area contributed by atoms with Crippen LogP contribution in [0.25, 0.3) is 0 Å². The summed E-state index contributed by atoms with van der Waals surface area (Å²) in [6, 6.07) is 7.52. The van der Waals surface area contributed by atoms with E-state index in [2.05, 4.69) is 5.32 Å². The van der Waals surface area contributed by atoms with Gasteiger partial charge in [-0.1, -0.05) is 18.2 Å². The molecule has 1 aliphatic heterocycles. The van der Waals surface area contributed by atoms with Crippen LogP contribution in [0.1, 0.15) is 39.2 Å². The second-order valence-electron chi connectivity index (χ2n) is 6.29. The van der Waals surface area contributed by atoms with Gasteiger partial charge in [-0.3, -0.25) is 9.59 Å². The number of hydrogen-bond acceptors (Lipinski definition) is 4. The van der Waals surface area contributed by atoms with Crippen LogP contribution in [-0.2, 0) is 25.6 Å². The van der Waals surface area contributed by atoms with Gasteiger partial charge in [-0.25, -0.2) is 0 Å². The molecule has 1 saturated heterocycles. The van der Waals surface area contributed by atoms with E-state index >= 15 is 0 Å². The molecule has 1 aromatic carbocycles. The lowest BCUT2D eigenvalue weighted by atomic mass is 10.1. The Morgan fingerprint density at radius 2 is 2.16 bits per heavy atom. The SMILES string of the molecule is CCN(Cc1ccccc1NC(=O)C(C)OCC1CCCO1)C(C)=O. The molecular weight excluding hydrogens is 320 g/mol. The second kappa shape index (κ2) is 9.53. The Morgan fingerprint density at radius 3 is 2.80 bits per heavy atom. The van der Waals surface area contributed by atoms with E-state index in [9.17, 15) is 9.59 Å². The monoisotopic (exact) mass is 348 g/mol. The van der Waals surface area contributed by atoms with Crippen molar-refractivity contribution >= 4 is 17.5 Å². The zero-order valence-corrected chi connectivity index (χ0v) is 15.3. The number of rotatable bonds is 8. The highest BCUT2D eigenvalue weighted by molar-refractivity contribution is 5.94. The molecule has 0 aliphatic carbocycles. The highest BCUT2D eigenvalue weighted by Crippen LogP contribution is 2.18. The number of anilines is 1. The average Bonchev–Trinajstić information content (AvgIpc) is 3.12. The van der Waals surface area contributed by atoms with E-state index in [4.69, 9.17) is 9.47 Å². The largest absolute Gasteiger partial charge is 0.376 e. The van der Waals surface area contributed by atoms with Crippen LogP contribution in [0.4, 0.5) is 5.69 Å². The summed E-state index contributed by atoms with van der Waals surface area (Å²) in [5.41, 5.74) is 1.61. The van der Waals surface area contributed by atoms with Crippen molar-refractivity contribution in [2.45, 2.75) is 52.4 Å². The Hall–Kier alpha value is -1.92. The van der Waals surface area contributed by atoms with E-state index in [-0.39, 0.29) is 17.9 Å². The third-order valence-electron chi connectivity index (χ3n) is 4.39. The van der Waals surface area contributed by atoms with Crippen molar-refractivity contribution in [3.05, 3.63) is 29.8 Å². The van der Waals surface area contributed by atoms with Gasteiger partial charge in [-0.05, 0) is 38.3 Å². The van der Waals surface area contributed by atoms with E-state index in [0.29, 0.717) is 25.4 Å². The Morgan fingerprint density at radius 1 is 1.40 bits per heavy atom. The average molecular weight is 348 g/mol. The Labute approximate surface area is 149 Å². The molecule has 2 amide bonds. The van der Waals surface area contributed by atoms with Crippen LogP contribution < -0.4 is 5.32 Å². The van der Waals surface area contributed by atoms with Gasteiger partial charge in [0.2, 0.25) is 5.91 Å². The van der Waals surface area contributed by atoms with Gasteiger partial charge in [0.05, 0.1) is 12.7 Å². The van der Waals surface area contributed by atoms with Crippen molar-refractivity contribution in [1.82, 2.24) is 4.90 Å². The lowest BCUT2D eigenvalue weighted by Crippen LogP contribution is -2.32. The minimum Gasteiger partial charge on any atom is -0.376 e. The zero-order valence-electron chi connectivity index (χ0n) is 15.3. The van der Waals surface area contributed by atoms with Crippen molar-refractivity contribution in [3.63, 3.8) is 0 Å². The molecule has 1 heterocycles. The fourth-order valence-corrected chi connectivity index (χ4v) is 2.77. The molecule has 1 fully saturated rings. The summed E-state index contributed by atoms with van der Waals surface area (Å²) < 4.78 is 11.1. The Balaban J connectivity index is 1.94. The van der Waals surface area contributed by atoms with Crippen LogP contribution in [0.2, 0.25) is 0 Å². The maximum absolute atomic E-state index is 12.4. The van der Waals surface area contributed by atoms with Crippen LogP contribution in [0, 0.1) is 0 Å². The molecule has 0 radical (unpaired) electrons. The van der Waals surface area contributed by atoms with Gasteiger partial charge in [0.25, 0.3) is 5.91 Å². The number of para-hydroxylation sites is 1. The van der Waals surface area contributed by atoms with Crippen molar-refractivity contribution in [2.75, 3.05) is 25.1 Å². The summed E-state index contributed by atoms with van der Waals surface area (Å²) in [6.45, 7) is 7.51. The summed E-state index contributed by atoms with van der Waals surface area (Å²) in [7, 11) is 0. The van der Waals surface area contributed by atoms with E-state index < -0.39 is 6.10 Å². The second-order valence-corrected chi connectivity index (χ2v) is 6.29. The Kier molecular flexibility index (Phi) is 7.40. The summed E-state index contributed by atoms with van der Waals surface area (Å²) in [5, 5.41) is 2.91. The van der Waals surface area contributed by atoms with E-state index in [1.807, 2.05) is 31.2 Å². The van der Waals surface area contributed by atoms with Crippen molar-refractivity contribution in [2.24, 2.45) is 0 Å². The minimum absolute atomic E-state index is 0.0110. The molecule has 6 heteroatoms.